The van der Waals surface area contributed by atoms with Gasteiger partial charge in [-0.15, -0.1) is 0 Å². The monoisotopic (exact) mass is 283 g/mol. The maximum absolute atomic E-state index is 12.2. The third kappa shape index (κ3) is 3.21. The standard InChI is InChI=1S/C11H13N3O4S/c1-14(6-2-5-12)19(17,18)10-7-8(13)3-4-9(10)11(15)16/h3-4,7H,2,6,13H2,1H3,(H,15,16). The molecule has 0 heterocycles. The number of anilines is 1. The molecule has 0 fully saturated rings. The first-order valence-electron chi connectivity index (χ1n) is 5.27. The Kier molecular flexibility index (Phi) is 4.47. The molecule has 0 aliphatic rings. The van der Waals surface area contributed by atoms with Gasteiger partial charge >= 0.3 is 5.97 Å². The van der Waals surface area contributed by atoms with E-state index in [1.807, 2.05) is 6.07 Å². The van der Waals surface area contributed by atoms with Crippen molar-refractivity contribution in [3.8, 4) is 6.07 Å². The van der Waals surface area contributed by atoms with Crippen LogP contribution in [0.2, 0.25) is 0 Å². The lowest BCUT2D eigenvalue weighted by atomic mass is 10.2. The maximum Gasteiger partial charge on any atom is 0.337 e. The highest BCUT2D eigenvalue weighted by molar-refractivity contribution is 7.89. The van der Waals surface area contributed by atoms with Gasteiger partial charge in [-0.25, -0.2) is 13.2 Å². The van der Waals surface area contributed by atoms with Crippen LogP contribution in [0, 0.1) is 11.3 Å². The van der Waals surface area contributed by atoms with Crippen LogP contribution in [0.1, 0.15) is 16.8 Å². The van der Waals surface area contributed by atoms with Crippen molar-refractivity contribution in [2.24, 2.45) is 0 Å². The molecule has 0 aliphatic carbocycles. The molecule has 0 aliphatic heterocycles. The Morgan fingerprint density at radius 1 is 1.53 bits per heavy atom. The highest BCUT2D eigenvalue weighted by atomic mass is 32.2. The Hall–Kier alpha value is -2.11. The minimum atomic E-state index is -3.99. The van der Waals surface area contributed by atoms with Crippen molar-refractivity contribution in [1.29, 1.82) is 5.26 Å². The van der Waals surface area contributed by atoms with E-state index in [1.165, 1.54) is 13.1 Å². The molecule has 7 nitrogen and oxygen atoms in total. The highest BCUT2D eigenvalue weighted by Gasteiger charge is 2.26. The van der Waals surface area contributed by atoms with Crippen molar-refractivity contribution >= 4 is 21.7 Å². The van der Waals surface area contributed by atoms with Gasteiger partial charge in [-0.3, -0.25) is 0 Å². The van der Waals surface area contributed by atoms with Crippen LogP contribution >= 0.6 is 0 Å². The number of sulfonamides is 1. The fourth-order valence-corrected chi connectivity index (χ4v) is 2.81. The average molecular weight is 283 g/mol. The number of nitrogens with two attached hydrogens (primary N) is 1. The first-order chi connectivity index (χ1) is 8.80. The molecule has 0 amide bonds. The molecule has 0 aromatic heterocycles. The lowest BCUT2D eigenvalue weighted by Crippen LogP contribution is -2.29. The van der Waals surface area contributed by atoms with Crippen molar-refractivity contribution in [3.63, 3.8) is 0 Å². The van der Waals surface area contributed by atoms with Gasteiger partial charge in [-0.1, -0.05) is 0 Å². The molecular formula is C11H13N3O4S. The van der Waals surface area contributed by atoms with Crippen LogP contribution in [-0.2, 0) is 10.0 Å². The van der Waals surface area contributed by atoms with E-state index in [9.17, 15) is 13.2 Å². The van der Waals surface area contributed by atoms with E-state index >= 15 is 0 Å². The Balaban J connectivity index is 3.32. The molecular weight excluding hydrogens is 270 g/mol. The van der Waals surface area contributed by atoms with Gasteiger partial charge in [0.05, 0.1) is 16.5 Å². The maximum atomic E-state index is 12.2. The van der Waals surface area contributed by atoms with Gasteiger partial charge in [-0.05, 0) is 18.2 Å². The van der Waals surface area contributed by atoms with E-state index in [2.05, 4.69) is 0 Å². The lowest BCUT2D eigenvalue weighted by molar-refractivity contribution is 0.0692. The fraction of sp³-hybridized carbons (Fsp3) is 0.273. The predicted octanol–water partition coefficient (Wildman–Crippen LogP) is 0.501. The molecule has 3 N–H and O–H groups in total. The van der Waals surface area contributed by atoms with Gasteiger partial charge in [0.15, 0.2) is 0 Å². The number of carbonyl (C=O) groups is 1. The third-order valence-corrected chi connectivity index (χ3v) is 4.36. The van der Waals surface area contributed by atoms with Gasteiger partial charge in [-0.2, -0.15) is 9.57 Å². The molecule has 19 heavy (non-hydrogen) atoms. The molecule has 0 spiro atoms. The molecule has 1 rings (SSSR count). The molecule has 8 heteroatoms. The second-order valence-electron chi connectivity index (χ2n) is 3.80. The summed E-state index contributed by atoms with van der Waals surface area (Å²) in [5.74, 6) is -1.35. The van der Waals surface area contributed by atoms with Crippen LogP contribution in [0.25, 0.3) is 0 Å². The average Bonchev–Trinajstić information content (AvgIpc) is 2.35. The molecule has 102 valence electrons. The summed E-state index contributed by atoms with van der Waals surface area (Å²) < 4.78 is 25.4. The summed E-state index contributed by atoms with van der Waals surface area (Å²) in [5, 5.41) is 17.5. The Morgan fingerprint density at radius 2 is 2.16 bits per heavy atom. The molecule has 0 unspecified atom stereocenters. The van der Waals surface area contributed by atoms with Crippen LogP contribution in [-0.4, -0.2) is 37.4 Å². The number of hydrogen-bond acceptors (Lipinski definition) is 5. The molecule has 1 aromatic carbocycles. The fourth-order valence-electron chi connectivity index (χ4n) is 1.42. The second kappa shape index (κ2) is 5.69. The van der Waals surface area contributed by atoms with Crippen LogP contribution in [0.15, 0.2) is 23.1 Å². The van der Waals surface area contributed by atoms with Crippen molar-refractivity contribution in [1.82, 2.24) is 4.31 Å². The van der Waals surface area contributed by atoms with Crippen LogP contribution in [0.4, 0.5) is 5.69 Å². The summed E-state index contributed by atoms with van der Waals surface area (Å²) >= 11 is 0. The number of hydrogen-bond donors (Lipinski definition) is 2. The quantitative estimate of drug-likeness (QED) is 0.758. The van der Waals surface area contributed by atoms with E-state index in [-0.39, 0.29) is 29.1 Å². The van der Waals surface area contributed by atoms with Crippen LogP contribution in [0.3, 0.4) is 0 Å². The zero-order valence-electron chi connectivity index (χ0n) is 10.2. The van der Waals surface area contributed by atoms with Gasteiger partial charge in [0.1, 0.15) is 0 Å². The third-order valence-electron chi connectivity index (χ3n) is 2.46. The summed E-state index contributed by atoms with van der Waals surface area (Å²) in [6.07, 6.45) is 0.0143. The van der Waals surface area contributed by atoms with E-state index < -0.39 is 16.0 Å². The number of nitriles is 1. The molecule has 0 atom stereocenters. The number of carboxylic acid groups (broad SMARTS) is 1. The SMILES string of the molecule is CN(CCC#N)S(=O)(=O)c1cc(N)ccc1C(=O)O. The topological polar surface area (TPSA) is 124 Å². The highest BCUT2D eigenvalue weighted by Crippen LogP contribution is 2.22. The Morgan fingerprint density at radius 3 is 2.68 bits per heavy atom. The Labute approximate surface area is 110 Å². The summed E-state index contributed by atoms with van der Waals surface area (Å²) in [6, 6.07) is 5.38. The van der Waals surface area contributed by atoms with E-state index in [4.69, 9.17) is 16.1 Å². The molecule has 0 radical (unpaired) electrons. The van der Waals surface area contributed by atoms with Crippen molar-refractivity contribution in [2.75, 3.05) is 19.3 Å². The van der Waals surface area contributed by atoms with Gasteiger partial charge in [0.25, 0.3) is 0 Å². The van der Waals surface area contributed by atoms with E-state index in [1.54, 1.807) is 0 Å². The van der Waals surface area contributed by atoms with E-state index in [0.29, 0.717) is 0 Å². The molecule has 0 saturated heterocycles. The van der Waals surface area contributed by atoms with Gasteiger partial charge < -0.3 is 10.8 Å². The summed E-state index contributed by atoms with van der Waals surface area (Å²) in [5.41, 5.74) is 5.30. The zero-order chi connectivity index (χ0) is 14.6. The number of rotatable bonds is 5. The van der Waals surface area contributed by atoms with Gasteiger partial charge in [0, 0.05) is 25.7 Å². The van der Waals surface area contributed by atoms with Crippen molar-refractivity contribution in [2.45, 2.75) is 11.3 Å². The molecule has 0 saturated carbocycles. The van der Waals surface area contributed by atoms with Gasteiger partial charge in [0.2, 0.25) is 10.0 Å². The normalized spacial score (nSPS) is 11.2. The smallest absolute Gasteiger partial charge is 0.337 e. The second-order valence-corrected chi connectivity index (χ2v) is 5.81. The van der Waals surface area contributed by atoms with Crippen molar-refractivity contribution in [3.05, 3.63) is 23.8 Å². The molecule has 1 aromatic rings. The number of nitrogen functional groups attached to an aromatic ring is 1. The minimum absolute atomic E-state index is 0.0143. The zero-order valence-corrected chi connectivity index (χ0v) is 11.0. The minimum Gasteiger partial charge on any atom is -0.478 e. The number of benzene rings is 1. The largest absolute Gasteiger partial charge is 0.478 e. The summed E-state index contributed by atoms with van der Waals surface area (Å²) in [4.78, 5) is 10.7. The van der Waals surface area contributed by atoms with E-state index in [0.717, 1.165) is 16.4 Å². The predicted molar refractivity (Wildman–Crippen MR) is 67.9 cm³/mol. The van der Waals surface area contributed by atoms with Crippen molar-refractivity contribution < 1.29 is 18.3 Å². The first-order valence-corrected chi connectivity index (χ1v) is 6.71. The first kappa shape index (κ1) is 14.9. The lowest BCUT2D eigenvalue weighted by Gasteiger charge is -2.17. The van der Waals surface area contributed by atoms with Crippen LogP contribution < -0.4 is 5.73 Å². The summed E-state index contributed by atoms with van der Waals surface area (Å²) in [7, 11) is -2.71. The summed E-state index contributed by atoms with van der Waals surface area (Å²) in [6.45, 7) is -0.0211. The number of carboxylic acids is 1. The number of nitrogens with zero attached hydrogens (tertiary/aromatic N) is 2. The molecule has 0 bridgehead atoms. The Bertz CT molecular complexity index is 634. The van der Waals surface area contributed by atoms with Crippen LogP contribution in [0.5, 0.6) is 0 Å². The number of aromatic carboxylic acids is 1.